The number of nitrogens with zero attached hydrogens (tertiary/aromatic N) is 2. The molecule has 7 unspecified atom stereocenters. The average Bonchev–Trinajstić information content (AvgIpc) is 1.55. The maximum absolute atomic E-state index is 13.6. The molecule has 5 nitrogen and oxygen atoms in total. The van der Waals surface area contributed by atoms with Gasteiger partial charge in [-0.3, -0.25) is 0 Å². The molecule has 7 atom stereocenters. The number of aromatic nitrogens is 1. The van der Waals surface area contributed by atoms with Crippen LogP contribution < -0.4 is 10.2 Å². The number of thiol groups is 1. The molecule has 2 N–H and O–H groups in total. The minimum atomic E-state index is -0.884. The first kappa shape index (κ1) is 75.9. The zero-order valence-electron chi connectivity index (χ0n) is 73.1. The van der Waals surface area contributed by atoms with E-state index in [-0.39, 0.29) is 34.6 Å². The zero-order valence-corrected chi connectivity index (χ0v) is 74.0. The maximum Gasteiger partial charge on any atom is 0.118 e. The molecule has 26 rings (SSSR count). The highest BCUT2D eigenvalue weighted by Crippen LogP contribution is 2.68. The van der Waals surface area contributed by atoms with Crippen LogP contribution in [0.5, 0.6) is 0 Å². The Bertz CT molecular complexity index is 7560. The molecule has 0 saturated heterocycles. The first-order valence-corrected chi connectivity index (χ1v) is 47.0. The average molecular weight is 1670 g/mol. The summed E-state index contributed by atoms with van der Waals surface area (Å²) >= 11 is 5.33. The Morgan fingerprint density at radius 1 is 0.562 bits per heavy atom. The molecule has 2 heterocycles. The third-order valence-electron chi connectivity index (χ3n) is 31.9. The lowest BCUT2D eigenvalue weighted by atomic mass is 9.68. The molecule has 12 aliphatic rings. The number of hydrogen-bond donors (Lipinski definition) is 3. The van der Waals surface area contributed by atoms with E-state index in [4.69, 9.17) is 12.6 Å². The van der Waals surface area contributed by atoms with E-state index >= 15 is 0 Å². The van der Waals surface area contributed by atoms with E-state index in [1.807, 2.05) is 0 Å². The van der Waals surface area contributed by atoms with Crippen molar-refractivity contribution >= 4 is 90.3 Å². The maximum atomic E-state index is 13.6. The summed E-state index contributed by atoms with van der Waals surface area (Å²) in [6.07, 6.45) is 28.9. The van der Waals surface area contributed by atoms with Crippen LogP contribution in [-0.2, 0) is 42.9 Å². The quantitative estimate of drug-likeness (QED) is 0.0796. The monoisotopic (exact) mass is 1670 g/mol. The van der Waals surface area contributed by atoms with Crippen molar-refractivity contribution in [3.63, 3.8) is 0 Å². The van der Waals surface area contributed by atoms with Gasteiger partial charge in [-0.05, 0) is 338 Å². The van der Waals surface area contributed by atoms with E-state index in [0.717, 1.165) is 73.3 Å². The summed E-state index contributed by atoms with van der Waals surface area (Å²) in [5.74, 6) is 1.88. The minimum Gasteiger partial charge on any atom is -0.377 e. The van der Waals surface area contributed by atoms with E-state index in [9.17, 15) is 4.91 Å². The van der Waals surface area contributed by atoms with Crippen molar-refractivity contribution in [2.24, 2.45) is 34.8 Å². The van der Waals surface area contributed by atoms with Gasteiger partial charge in [0.25, 0.3) is 0 Å². The van der Waals surface area contributed by atoms with E-state index in [2.05, 4.69) is 390 Å². The molecule has 618 valence electrons. The summed E-state index contributed by atoms with van der Waals surface area (Å²) in [7, 11) is 0. The van der Waals surface area contributed by atoms with E-state index in [1.54, 1.807) is 5.57 Å². The molecule has 128 heavy (non-hydrogen) atoms. The van der Waals surface area contributed by atoms with Crippen molar-refractivity contribution in [2.45, 2.75) is 121 Å². The number of benzene rings is 13. The molecular formula is C122H98N4OS. The van der Waals surface area contributed by atoms with E-state index in [1.165, 1.54) is 217 Å². The minimum absolute atomic E-state index is 0.142. The number of anilines is 4. The van der Waals surface area contributed by atoms with Gasteiger partial charge in [0.1, 0.15) is 5.54 Å². The molecule has 1 fully saturated rings. The van der Waals surface area contributed by atoms with Gasteiger partial charge in [-0.25, -0.2) is 0 Å². The SMILES string of the molecule is CC(C)(N=O)C1=C(C2Cc3c([nH]c4ccc(-c5cccc6c5C(S)=CC5c7ccccc7NC65)cc34)C3=CC=CC4C3C24)C(Cc2ccc3c(c2)C2=C(C3)C3CC=CC=C3C3=C2C(C)(C)c2cccc(Cc4ccc5c(c4)-c4c6c(c7ccccc7c4/C(=C\c4ccc(-c7ccc(N(c8ccccc8)c8ccccc8)cc7)cc4)C5)-c4ccccc4C6(C)C)c23)=CCC1. The first-order valence-electron chi connectivity index (χ1n) is 46.5. The van der Waals surface area contributed by atoms with Crippen LogP contribution in [0.4, 0.5) is 22.7 Å². The van der Waals surface area contributed by atoms with Gasteiger partial charge in [-0.2, -0.15) is 0 Å². The summed E-state index contributed by atoms with van der Waals surface area (Å²) < 4.78 is 0. The Hall–Kier alpha value is -13.4. The van der Waals surface area contributed by atoms with Crippen molar-refractivity contribution < 1.29 is 0 Å². The second kappa shape index (κ2) is 28.3. The highest BCUT2D eigenvalue weighted by molar-refractivity contribution is 7.90. The lowest BCUT2D eigenvalue weighted by Crippen LogP contribution is -2.28. The van der Waals surface area contributed by atoms with E-state index in [0.29, 0.717) is 17.8 Å². The standard InChI is InChI=1S/C122H98N4OS/c1-120(2)100-41-19-17-36-89(100)112-88-35-16-15-34-87(88)107-79(59-69-45-49-72(50-46-69)73-53-56-82(57-54-73)126(80-27-9-7-10-28-80)81-29-11-8-12-30-81)64-74-51-47-71(63-94(74)115(107)116(112)120)61-78-26-21-42-101-108(78)114-86-33-14-13-31-84(86)96-66-76-52-48-70(62-93(76)113(96)117(114)121(101,3)4)60-77-25-22-43-102(122(5,6)125-127)106(77)99-67-97-95-65-75(55-58-104(95)124-119(97)92-40-24-38-90-110(92)111(90)99)83-37-23-39-91-109(83)105(128)68-98-85-32-18-20-44-103(85)123-118(91)98/h7-21,23-30,32-42,44-59,62-63,65,68,84,90,98-99,110-111,118,123-124,128H,22,31,43,60-61,64,66-67H2,1-6H3/b79-59-. The van der Waals surface area contributed by atoms with Crippen LogP contribution >= 0.6 is 12.6 Å². The number of fused-ring (bicyclic) bond motifs is 28. The largest absolute Gasteiger partial charge is 0.377 e. The Kier molecular flexibility index (Phi) is 16.8. The van der Waals surface area contributed by atoms with Crippen LogP contribution in [0, 0.1) is 34.5 Å². The second-order valence-electron chi connectivity index (χ2n) is 39.8. The number of para-hydroxylation sites is 3. The van der Waals surface area contributed by atoms with Gasteiger partial charge in [0.05, 0.1) is 6.04 Å². The van der Waals surface area contributed by atoms with Gasteiger partial charge < -0.3 is 15.2 Å². The number of aromatic amines is 1. The Morgan fingerprint density at radius 2 is 1.23 bits per heavy atom. The van der Waals surface area contributed by atoms with Crippen molar-refractivity contribution in [3.05, 3.63) is 455 Å². The molecule has 1 aliphatic heterocycles. The molecule has 13 aromatic carbocycles. The lowest BCUT2D eigenvalue weighted by molar-refractivity contribution is 0.480. The summed E-state index contributed by atoms with van der Waals surface area (Å²) in [5, 5.41) is 11.9. The zero-order chi connectivity index (χ0) is 85.5. The van der Waals surface area contributed by atoms with Crippen molar-refractivity contribution in [2.75, 3.05) is 10.2 Å². The summed E-state index contributed by atoms with van der Waals surface area (Å²) in [6, 6.07) is 104. The highest BCUT2D eigenvalue weighted by atomic mass is 32.1. The van der Waals surface area contributed by atoms with E-state index < -0.39 is 5.54 Å². The summed E-state index contributed by atoms with van der Waals surface area (Å²) in [4.78, 5) is 21.0. The second-order valence-corrected chi connectivity index (χ2v) is 40.3. The Balaban J connectivity index is 0.546. The first-order chi connectivity index (χ1) is 62.6. The predicted molar refractivity (Wildman–Crippen MR) is 536 cm³/mol. The predicted octanol–water partition coefficient (Wildman–Crippen LogP) is 30.7. The van der Waals surface area contributed by atoms with Crippen molar-refractivity contribution in [1.82, 2.24) is 4.98 Å². The summed E-state index contributed by atoms with van der Waals surface area (Å²) in [6.45, 7) is 14.2. The Morgan fingerprint density at radius 3 is 2.03 bits per heavy atom. The van der Waals surface area contributed by atoms with Gasteiger partial charge in [-0.15, -0.1) is 17.5 Å². The molecule has 1 aromatic heterocycles. The highest BCUT2D eigenvalue weighted by Gasteiger charge is 2.59. The molecule has 0 radical (unpaired) electrons. The Labute approximate surface area is 755 Å². The van der Waals surface area contributed by atoms with Crippen LogP contribution in [0.1, 0.15) is 167 Å². The smallest absolute Gasteiger partial charge is 0.118 e. The van der Waals surface area contributed by atoms with Crippen molar-refractivity contribution in [3.8, 4) is 44.5 Å². The summed E-state index contributed by atoms with van der Waals surface area (Å²) in [5.41, 5.74) is 51.9. The van der Waals surface area contributed by atoms with Crippen LogP contribution in [0.3, 0.4) is 0 Å². The molecule has 1 saturated carbocycles. The fraction of sp³-hybridized carbons (Fsp3) is 0.197. The fourth-order valence-corrected chi connectivity index (χ4v) is 26.6. The number of H-pyrrole nitrogens is 1. The number of nitroso groups, excluding NO2 is 1. The molecule has 0 amide bonds. The molecule has 6 heteroatoms. The lowest BCUT2D eigenvalue weighted by Gasteiger charge is -2.35. The number of allylic oxidation sites excluding steroid dienone is 16. The number of rotatable bonds is 13. The number of hydrogen-bond acceptors (Lipinski definition) is 5. The van der Waals surface area contributed by atoms with Gasteiger partial charge in [0.2, 0.25) is 0 Å². The van der Waals surface area contributed by atoms with Crippen LogP contribution in [-0.4, -0.2) is 10.5 Å². The molecular weight excluding hydrogens is 1570 g/mol. The normalized spacial score (nSPS) is 21.6. The van der Waals surface area contributed by atoms with Gasteiger partial charge in [0, 0.05) is 72.5 Å². The third-order valence-corrected chi connectivity index (χ3v) is 32.3. The molecule has 0 spiro atoms. The molecule has 11 aliphatic carbocycles. The topological polar surface area (TPSA) is 60.5 Å². The van der Waals surface area contributed by atoms with Crippen LogP contribution in [0.15, 0.2) is 360 Å². The molecule has 14 aromatic rings. The third kappa shape index (κ3) is 11.3. The van der Waals surface area contributed by atoms with Crippen molar-refractivity contribution in [1.29, 1.82) is 0 Å². The fourth-order valence-electron chi connectivity index (χ4n) is 26.2. The van der Waals surface area contributed by atoms with Gasteiger partial charge in [-0.1, -0.05) is 306 Å². The van der Waals surface area contributed by atoms with Gasteiger partial charge in [0.15, 0.2) is 0 Å². The van der Waals surface area contributed by atoms with Crippen LogP contribution in [0.2, 0.25) is 0 Å². The van der Waals surface area contributed by atoms with Gasteiger partial charge >= 0.3 is 0 Å². The number of nitrogens with one attached hydrogen (secondary N) is 2. The van der Waals surface area contributed by atoms with Crippen LogP contribution in [0.25, 0.3) is 99.5 Å². The molecule has 0 bridgehead atoms.